The molecular formula is C5H9ClO. The Morgan fingerprint density at radius 2 is 1.86 bits per heavy atom. The molecule has 1 fully saturated rings. The molecular weight excluding hydrogens is 112 g/mol. The summed E-state index contributed by atoms with van der Waals surface area (Å²) in [6, 6.07) is 0. The summed E-state index contributed by atoms with van der Waals surface area (Å²) in [5.74, 6) is 0. The Morgan fingerprint density at radius 3 is 1.86 bits per heavy atom. The third-order valence-electron chi connectivity index (χ3n) is 0.330. The van der Waals surface area contributed by atoms with Gasteiger partial charge in [-0.3, -0.25) is 0 Å². The summed E-state index contributed by atoms with van der Waals surface area (Å²) >= 11 is 5.01. The van der Waals surface area contributed by atoms with Crippen LogP contribution in [0.5, 0.6) is 0 Å². The molecule has 0 bridgehead atoms. The number of hydrogen-bond donors (Lipinski definition) is 0. The first kappa shape index (κ1) is 6.99. The molecule has 0 aromatic heterocycles. The number of allylic oxidation sites excluding steroid dienone is 1. The van der Waals surface area contributed by atoms with Crippen LogP contribution in [0.1, 0.15) is 6.92 Å². The molecule has 7 heavy (non-hydrogen) atoms. The first-order valence-electron chi connectivity index (χ1n) is 2.21. The highest BCUT2D eigenvalue weighted by Crippen LogP contribution is 1.84. The standard InChI is InChI=1S/C3H5Cl.C2H4O/c1-2-3-4;1-2-3-1/h2-3H,1H3;1-2H2. The van der Waals surface area contributed by atoms with Gasteiger partial charge in [-0.05, 0) is 12.5 Å². The van der Waals surface area contributed by atoms with Crippen LogP contribution in [0.2, 0.25) is 0 Å². The average molecular weight is 121 g/mol. The van der Waals surface area contributed by atoms with Crippen LogP contribution in [0.15, 0.2) is 11.6 Å². The molecule has 0 N–H and O–H groups in total. The molecule has 0 aromatic rings. The summed E-state index contributed by atoms with van der Waals surface area (Å²) in [5, 5.41) is 0. The van der Waals surface area contributed by atoms with Crippen molar-refractivity contribution in [1.29, 1.82) is 0 Å². The van der Waals surface area contributed by atoms with E-state index in [0.717, 1.165) is 13.2 Å². The fourth-order valence-corrected chi connectivity index (χ4v) is 0. The zero-order valence-electron chi connectivity index (χ0n) is 4.36. The van der Waals surface area contributed by atoms with Gasteiger partial charge >= 0.3 is 0 Å². The smallest absolute Gasteiger partial charge is 0.0701 e. The maximum atomic E-state index is 5.01. The van der Waals surface area contributed by atoms with Gasteiger partial charge in [-0.1, -0.05) is 17.7 Å². The van der Waals surface area contributed by atoms with Crippen molar-refractivity contribution in [3.05, 3.63) is 11.6 Å². The Balaban J connectivity index is 0.000000105. The maximum absolute atomic E-state index is 5.01. The molecule has 0 amide bonds. The molecule has 1 heterocycles. The van der Waals surface area contributed by atoms with Crippen LogP contribution in [0.4, 0.5) is 0 Å². The Bertz CT molecular complexity index is 43.3. The second kappa shape index (κ2) is 5.99. The summed E-state index contributed by atoms with van der Waals surface area (Å²) in [6.45, 7) is 3.87. The SMILES string of the molecule is C1CO1.CC=CCl. The topological polar surface area (TPSA) is 12.5 Å². The third kappa shape index (κ3) is 24.1. The lowest BCUT2D eigenvalue weighted by molar-refractivity contribution is 0.475. The van der Waals surface area contributed by atoms with Gasteiger partial charge in [0, 0.05) is 0 Å². The number of halogens is 1. The van der Waals surface area contributed by atoms with E-state index in [9.17, 15) is 0 Å². The van der Waals surface area contributed by atoms with E-state index >= 15 is 0 Å². The highest BCUT2D eigenvalue weighted by Gasteiger charge is 1.94. The average Bonchev–Trinajstić information content (AvgIpc) is 2.47. The summed E-state index contributed by atoms with van der Waals surface area (Å²) in [4.78, 5) is 0. The highest BCUT2D eigenvalue weighted by molar-refractivity contribution is 6.25. The van der Waals surface area contributed by atoms with Gasteiger partial charge in [-0.15, -0.1) is 0 Å². The Kier molecular flexibility index (Phi) is 5.98. The van der Waals surface area contributed by atoms with Crippen molar-refractivity contribution in [2.75, 3.05) is 13.2 Å². The van der Waals surface area contributed by atoms with E-state index in [4.69, 9.17) is 11.6 Å². The van der Waals surface area contributed by atoms with E-state index in [-0.39, 0.29) is 0 Å². The third-order valence-corrected chi connectivity index (χ3v) is 0.582. The first-order valence-corrected chi connectivity index (χ1v) is 2.64. The highest BCUT2D eigenvalue weighted by atomic mass is 35.5. The molecule has 0 radical (unpaired) electrons. The van der Waals surface area contributed by atoms with Gasteiger partial charge in [0.25, 0.3) is 0 Å². The minimum Gasteiger partial charge on any atom is -0.377 e. The van der Waals surface area contributed by atoms with Gasteiger partial charge in [0.05, 0.1) is 13.2 Å². The van der Waals surface area contributed by atoms with Crippen molar-refractivity contribution < 1.29 is 4.74 Å². The van der Waals surface area contributed by atoms with Gasteiger partial charge < -0.3 is 4.74 Å². The van der Waals surface area contributed by atoms with E-state index in [2.05, 4.69) is 4.74 Å². The number of hydrogen-bond acceptors (Lipinski definition) is 1. The Hall–Kier alpha value is -0.0100. The van der Waals surface area contributed by atoms with E-state index in [1.807, 2.05) is 6.92 Å². The summed E-state index contributed by atoms with van der Waals surface area (Å²) in [7, 11) is 0. The van der Waals surface area contributed by atoms with Crippen LogP contribution in [0.3, 0.4) is 0 Å². The Labute approximate surface area is 48.9 Å². The van der Waals surface area contributed by atoms with E-state index in [0.29, 0.717) is 0 Å². The molecule has 1 aliphatic rings. The quantitative estimate of drug-likeness (QED) is 0.444. The van der Waals surface area contributed by atoms with Gasteiger partial charge in [-0.25, -0.2) is 0 Å². The van der Waals surface area contributed by atoms with Crippen molar-refractivity contribution in [3.8, 4) is 0 Å². The predicted molar refractivity (Wildman–Crippen MR) is 31.5 cm³/mol. The fourth-order valence-electron chi connectivity index (χ4n) is 0. The molecule has 1 aliphatic heterocycles. The van der Waals surface area contributed by atoms with Gasteiger partial charge in [0.15, 0.2) is 0 Å². The molecule has 0 atom stereocenters. The molecule has 1 nitrogen and oxygen atoms in total. The van der Waals surface area contributed by atoms with Gasteiger partial charge in [0.1, 0.15) is 0 Å². The van der Waals surface area contributed by atoms with Crippen LogP contribution in [0.25, 0.3) is 0 Å². The zero-order valence-corrected chi connectivity index (χ0v) is 5.11. The maximum Gasteiger partial charge on any atom is 0.0701 e. The van der Waals surface area contributed by atoms with Crippen LogP contribution in [-0.2, 0) is 4.74 Å². The van der Waals surface area contributed by atoms with Crippen molar-refractivity contribution in [2.24, 2.45) is 0 Å². The van der Waals surface area contributed by atoms with Crippen molar-refractivity contribution in [1.82, 2.24) is 0 Å². The van der Waals surface area contributed by atoms with Crippen LogP contribution in [-0.4, -0.2) is 13.2 Å². The zero-order chi connectivity index (χ0) is 5.54. The predicted octanol–water partition coefficient (Wildman–Crippen LogP) is 1.78. The van der Waals surface area contributed by atoms with Gasteiger partial charge in [0.2, 0.25) is 0 Å². The molecule has 0 unspecified atom stereocenters. The van der Waals surface area contributed by atoms with E-state index in [1.54, 1.807) is 6.08 Å². The number of epoxide rings is 1. The number of ether oxygens (including phenoxy) is 1. The Morgan fingerprint density at radius 1 is 1.57 bits per heavy atom. The number of rotatable bonds is 0. The summed E-state index contributed by atoms with van der Waals surface area (Å²) in [6.07, 6.45) is 1.77. The molecule has 42 valence electrons. The van der Waals surface area contributed by atoms with E-state index in [1.165, 1.54) is 5.54 Å². The minimum absolute atomic E-state index is 1.00. The molecule has 0 aliphatic carbocycles. The largest absolute Gasteiger partial charge is 0.377 e. The molecule has 1 saturated heterocycles. The minimum atomic E-state index is 1.00. The van der Waals surface area contributed by atoms with Crippen LogP contribution in [0, 0.1) is 0 Å². The first-order chi connectivity index (χ1) is 3.41. The second-order valence-corrected chi connectivity index (χ2v) is 1.32. The lowest BCUT2D eigenvalue weighted by Gasteiger charge is -1.46. The normalized spacial score (nSPS) is 15.7. The molecule has 2 heteroatoms. The van der Waals surface area contributed by atoms with Crippen LogP contribution < -0.4 is 0 Å². The van der Waals surface area contributed by atoms with Gasteiger partial charge in [-0.2, -0.15) is 0 Å². The monoisotopic (exact) mass is 120 g/mol. The molecule has 0 saturated carbocycles. The van der Waals surface area contributed by atoms with E-state index < -0.39 is 0 Å². The van der Waals surface area contributed by atoms with Crippen molar-refractivity contribution in [2.45, 2.75) is 6.92 Å². The lowest BCUT2D eigenvalue weighted by Crippen LogP contribution is -1.20. The molecule has 1 rings (SSSR count). The van der Waals surface area contributed by atoms with Crippen molar-refractivity contribution in [3.63, 3.8) is 0 Å². The summed E-state index contributed by atoms with van der Waals surface area (Å²) < 4.78 is 4.50. The van der Waals surface area contributed by atoms with Crippen LogP contribution >= 0.6 is 11.6 Å². The molecule has 0 spiro atoms. The lowest BCUT2D eigenvalue weighted by atomic mass is 10.8. The molecule has 0 aromatic carbocycles. The summed E-state index contributed by atoms with van der Waals surface area (Å²) in [5.41, 5.74) is 1.47. The second-order valence-electron chi connectivity index (χ2n) is 1.07. The fraction of sp³-hybridized carbons (Fsp3) is 0.600. The van der Waals surface area contributed by atoms with Crippen molar-refractivity contribution >= 4 is 11.6 Å².